The Balaban J connectivity index is 1.26. The van der Waals surface area contributed by atoms with Gasteiger partial charge in [-0.3, -0.25) is 4.21 Å². The Kier molecular flexibility index (Phi) is 6.50. The van der Waals surface area contributed by atoms with Gasteiger partial charge >= 0.3 is 0 Å². The summed E-state index contributed by atoms with van der Waals surface area (Å²) in [7, 11) is -1.04. The van der Waals surface area contributed by atoms with Gasteiger partial charge in [-0.2, -0.15) is 4.98 Å². The van der Waals surface area contributed by atoms with Crippen molar-refractivity contribution >= 4 is 28.3 Å². The predicted octanol–water partition coefficient (Wildman–Crippen LogP) is 3.31. The summed E-state index contributed by atoms with van der Waals surface area (Å²) in [4.78, 5) is 12.6. The average molecular weight is 471 g/mol. The lowest BCUT2D eigenvalue weighted by atomic mass is 10.1. The van der Waals surface area contributed by atoms with Crippen LogP contribution in [0.2, 0.25) is 0 Å². The standard InChI is InChI=1S/C24H30N4O4S/c1-16(29)17-2-4-19(5-3-17)32-20-6-11-28(12-7-20)24-26-21-10-15-33(30)22(21)23(27-24)25-18-8-13-31-14-9-18/h2-5,18,20,29H,1,6-15H2,(H,25,26,27). The van der Waals surface area contributed by atoms with E-state index in [0.717, 1.165) is 80.6 Å². The first-order chi connectivity index (χ1) is 16.1. The van der Waals surface area contributed by atoms with Crippen molar-refractivity contribution in [3.05, 3.63) is 42.1 Å². The van der Waals surface area contributed by atoms with E-state index in [1.807, 2.05) is 24.3 Å². The molecule has 3 aliphatic heterocycles. The number of benzene rings is 1. The van der Waals surface area contributed by atoms with Crippen LogP contribution in [0.1, 0.15) is 36.9 Å². The number of aryl methyl sites for hydroxylation is 1. The van der Waals surface area contributed by atoms with E-state index in [9.17, 15) is 9.32 Å². The Morgan fingerprint density at radius 2 is 1.88 bits per heavy atom. The minimum Gasteiger partial charge on any atom is -0.508 e. The molecule has 2 fully saturated rings. The Morgan fingerprint density at radius 3 is 2.58 bits per heavy atom. The number of aliphatic hydroxyl groups is 1. The van der Waals surface area contributed by atoms with E-state index in [1.165, 1.54) is 0 Å². The lowest BCUT2D eigenvalue weighted by Gasteiger charge is -2.33. The monoisotopic (exact) mass is 470 g/mol. The third-order valence-electron chi connectivity index (χ3n) is 6.45. The van der Waals surface area contributed by atoms with Crippen LogP contribution in [0, 0.1) is 0 Å². The summed E-state index contributed by atoms with van der Waals surface area (Å²) in [6, 6.07) is 7.63. The zero-order chi connectivity index (χ0) is 22.8. The molecule has 2 saturated heterocycles. The van der Waals surface area contributed by atoms with Crippen molar-refractivity contribution in [2.24, 2.45) is 0 Å². The molecule has 2 N–H and O–H groups in total. The van der Waals surface area contributed by atoms with Crippen LogP contribution in [0.4, 0.5) is 11.8 Å². The number of anilines is 2. The maximum Gasteiger partial charge on any atom is 0.227 e. The van der Waals surface area contributed by atoms with Gasteiger partial charge in [0, 0.05) is 62.9 Å². The summed E-state index contributed by atoms with van der Waals surface area (Å²) in [5, 5.41) is 13.0. The van der Waals surface area contributed by atoms with Crippen LogP contribution in [0.15, 0.2) is 35.7 Å². The van der Waals surface area contributed by atoms with Gasteiger partial charge in [0.2, 0.25) is 5.95 Å². The van der Waals surface area contributed by atoms with Crippen LogP contribution < -0.4 is 15.0 Å². The molecule has 0 saturated carbocycles. The molecule has 2 aromatic rings. The normalized spacial score (nSPS) is 21.6. The number of aliphatic hydroxyl groups excluding tert-OH is 1. The minimum absolute atomic E-state index is 0.0544. The molecule has 0 amide bonds. The number of nitrogens with zero attached hydrogens (tertiary/aromatic N) is 3. The molecule has 3 aliphatic rings. The largest absolute Gasteiger partial charge is 0.508 e. The number of hydrogen-bond donors (Lipinski definition) is 2. The molecule has 1 aromatic carbocycles. The molecule has 0 spiro atoms. The summed E-state index contributed by atoms with van der Waals surface area (Å²) in [5.41, 5.74) is 1.61. The van der Waals surface area contributed by atoms with Gasteiger partial charge in [0.1, 0.15) is 28.3 Å². The van der Waals surface area contributed by atoms with Gasteiger partial charge in [-0.15, -0.1) is 0 Å². The number of hydrogen-bond acceptors (Lipinski definition) is 8. The van der Waals surface area contributed by atoms with E-state index in [1.54, 1.807) is 0 Å². The molecular weight excluding hydrogens is 440 g/mol. The van der Waals surface area contributed by atoms with Crippen molar-refractivity contribution in [3.8, 4) is 5.75 Å². The third-order valence-corrected chi connectivity index (χ3v) is 7.91. The number of fused-ring (bicyclic) bond motifs is 1. The summed E-state index contributed by atoms with van der Waals surface area (Å²) in [5.74, 6) is 2.92. The number of nitrogens with one attached hydrogen (secondary N) is 1. The van der Waals surface area contributed by atoms with Gasteiger partial charge in [-0.05, 0) is 37.1 Å². The van der Waals surface area contributed by atoms with Crippen molar-refractivity contribution < 1.29 is 18.8 Å². The van der Waals surface area contributed by atoms with E-state index in [2.05, 4.69) is 16.8 Å². The number of aromatic nitrogens is 2. The van der Waals surface area contributed by atoms with Gasteiger partial charge < -0.3 is 24.8 Å². The summed E-state index contributed by atoms with van der Waals surface area (Å²) in [6.45, 7) is 6.63. The Morgan fingerprint density at radius 1 is 1.15 bits per heavy atom. The topological polar surface area (TPSA) is 96.8 Å². The third kappa shape index (κ3) is 4.99. The second-order valence-electron chi connectivity index (χ2n) is 8.75. The second-order valence-corrected chi connectivity index (χ2v) is 10.3. The second kappa shape index (κ2) is 9.69. The van der Waals surface area contributed by atoms with Crippen LogP contribution in [-0.4, -0.2) is 63.5 Å². The molecular formula is C24H30N4O4S. The molecule has 5 rings (SSSR count). The molecule has 0 bridgehead atoms. The molecule has 1 aromatic heterocycles. The van der Waals surface area contributed by atoms with Gasteiger partial charge in [-0.1, -0.05) is 6.58 Å². The highest BCUT2D eigenvalue weighted by molar-refractivity contribution is 7.85. The van der Waals surface area contributed by atoms with Crippen LogP contribution in [0.25, 0.3) is 5.76 Å². The van der Waals surface area contributed by atoms with Gasteiger partial charge in [0.25, 0.3) is 0 Å². The Labute approximate surface area is 196 Å². The number of rotatable bonds is 6. The summed E-state index contributed by atoms with van der Waals surface area (Å²) < 4.78 is 24.2. The Hall–Kier alpha value is -2.65. The number of piperidine rings is 1. The van der Waals surface area contributed by atoms with Crippen molar-refractivity contribution in [1.82, 2.24) is 9.97 Å². The zero-order valence-electron chi connectivity index (χ0n) is 18.7. The molecule has 0 radical (unpaired) electrons. The van der Waals surface area contributed by atoms with Gasteiger partial charge in [0.05, 0.1) is 16.5 Å². The highest BCUT2D eigenvalue weighted by Crippen LogP contribution is 2.32. The van der Waals surface area contributed by atoms with E-state index in [0.29, 0.717) is 17.3 Å². The molecule has 176 valence electrons. The number of ether oxygens (including phenoxy) is 2. The first-order valence-corrected chi connectivity index (χ1v) is 12.9. The molecule has 0 aliphatic carbocycles. The van der Waals surface area contributed by atoms with Crippen molar-refractivity contribution in [2.75, 3.05) is 42.3 Å². The fourth-order valence-electron chi connectivity index (χ4n) is 4.55. The zero-order valence-corrected chi connectivity index (χ0v) is 19.5. The SMILES string of the molecule is C=C(O)c1ccc(OC2CCN(c3nc4c(c(NC5CCOCC5)n3)S(=O)CC4)CC2)cc1. The molecule has 1 unspecified atom stereocenters. The molecule has 9 heteroatoms. The molecule has 4 heterocycles. The summed E-state index contributed by atoms with van der Waals surface area (Å²) in [6.07, 6.45) is 4.43. The maximum atomic E-state index is 12.6. The first kappa shape index (κ1) is 22.2. The lowest BCUT2D eigenvalue weighted by Crippen LogP contribution is -2.39. The fourth-order valence-corrected chi connectivity index (χ4v) is 5.86. The average Bonchev–Trinajstić information content (AvgIpc) is 3.21. The van der Waals surface area contributed by atoms with Crippen molar-refractivity contribution in [2.45, 2.75) is 49.1 Å². The molecule has 8 nitrogen and oxygen atoms in total. The van der Waals surface area contributed by atoms with Crippen LogP contribution in [0.5, 0.6) is 5.75 Å². The van der Waals surface area contributed by atoms with Gasteiger partial charge in [-0.25, -0.2) is 4.98 Å². The smallest absolute Gasteiger partial charge is 0.227 e. The van der Waals surface area contributed by atoms with Crippen LogP contribution in [-0.2, 0) is 22.0 Å². The highest BCUT2D eigenvalue weighted by Gasteiger charge is 2.30. The van der Waals surface area contributed by atoms with E-state index < -0.39 is 10.8 Å². The molecule has 33 heavy (non-hydrogen) atoms. The van der Waals surface area contributed by atoms with Crippen molar-refractivity contribution in [1.29, 1.82) is 0 Å². The molecule has 1 atom stereocenters. The summed E-state index contributed by atoms with van der Waals surface area (Å²) >= 11 is 0. The quantitative estimate of drug-likeness (QED) is 0.621. The van der Waals surface area contributed by atoms with Gasteiger partial charge in [0.15, 0.2) is 0 Å². The van der Waals surface area contributed by atoms with Crippen molar-refractivity contribution in [3.63, 3.8) is 0 Å². The fraction of sp³-hybridized carbons (Fsp3) is 0.500. The Bertz CT molecular complexity index is 1030. The van der Waals surface area contributed by atoms with E-state index in [4.69, 9.17) is 19.4 Å². The van der Waals surface area contributed by atoms with E-state index >= 15 is 0 Å². The minimum atomic E-state index is -1.04. The highest BCUT2D eigenvalue weighted by atomic mass is 32.2. The first-order valence-electron chi connectivity index (χ1n) is 11.6. The predicted molar refractivity (Wildman–Crippen MR) is 128 cm³/mol. The van der Waals surface area contributed by atoms with E-state index in [-0.39, 0.29) is 17.9 Å². The lowest BCUT2D eigenvalue weighted by molar-refractivity contribution is 0.0903. The maximum absolute atomic E-state index is 12.6. The van der Waals surface area contributed by atoms with Crippen LogP contribution >= 0.6 is 0 Å². The van der Waals surface area contributed by atoms with Crippen LogP contribution in [0.3, 0.4) is 0 Å².